The highest BCUT2D eigenvalue weighted by Crippen LogP contribution is 2.31. The van der Waals surface area contributed by atoms with Crippen LogP contribution in [0.15, 0.2) is 239 Å². The predicted octanol–water partition coefficient (Wildman–Crippen LogP) is 12.8. The molecule has 0 N–H and O–H groups in total. The second-order valence-electron chi connectivity index (χ2n) is 14.6. The molecule has 10 rings (SSSR count). The third-order valence-electron chi connectivity index (χ3n) is 10.7. The van der Waals surface area contributed by atoms with E-state index in [0.717, 1.165) is 67.3 Å². The van der Waals surface area contributed by atoms with Gasteiger partial charge in [-0.1, -0.05) is 155 Å². The summed E-state index contributed by atoms with van der Waals surface area (Å²) >= 11 is 0. The van der Waals surface area contributed by atoms with Crippen LogP contribution < -0.4 is 10.0 Å². The zero-order valence-electron chi connectivity index (χ0n) is 32.8. The van der Waals surface area contributed by atoms with Crippen molar-refractivity contribution < 1.29 is 9.39 Å². The van der Waals surface area contributed by atoms with E-state index < -0.39 is 0 Å². The Labute approximate surface area is 349 Å². The minimum atomic E-state index is 0.386. The third kappa shape index (κ3) is 7.77. The highest BCUT2D eigenvalue weighted by atomic mass is 15.6. The Hall–Kier alpha value is -8.10. The van der Waals surface area contributed by atoms with Crippen LogP contribution in [0, 0.1) is 0 Å². The lowest BCUT2D eigenvalue weighted by molar-refractivity contribution is -0.510. The first-order valence-electron chi connectivity index (χ1n) is 20.0. The van der Waals surface area contributed by atoms with Crippen LogP contribution in [0.1, 0.15) is 0 Å². The summed E-state index contributed by atoms with van der Waals surface area (Å²) in [5.41, 5.74) is 12.9. The lowest BCUT2D eigenvalue weighted by Crippen LogP contribution is -2.37. The number of amidine groups is 2. The van der Waals surface area contributed by atoms with E-state index in [1.54, 1.807) is 0 Å². The number of nitrogens with zero attached hydrogens (tertiary/aromatic N) is 8. The van der Waals surface area contributed by atoms with Gasteiger partial charge in [-0.15, -0.1) is 10.2 Å². The summed E-state index contributed by atoms with van der Waals surface area (Å²) in [5.74, 6) is 0.772. The Kier molecular flexibility index (Phi) is 9.91. The van der Waals surface area contributed by atoms with E-state index in [0.29, 0.717) is 25.0 Å². The molecule has 0 amide bonds. The minimum absolute atomic E-state index is 0.386. The first kappa shape index (κ1) is 36.3. The summed E-state index contributed by atoms with van der Waals surface area (Å²) in [6.07, 6.45) is 0. The molecule has 8 nitrogen and oxygen atoms in total. The molecule has 2 aliphatic rings. The second-order valence-corrected chi connectivity index (χ2v) is 14.6. The van der Waals surface area contributed by atoms with Crippen molar-refractivity contribution in [2.75, 3.05) is 23.4 Å². The van der Waals surface area contributed by atoms with Gasteiger partial charge in [0.1, 0.15) is 0 Å². The van der Waals surface area contributed by atoms with Crippen LogP contribution in [0.4, 0.5) is 22.7 Å². The molecule has 0 saturated heterocycles. The normalized spacial score (nSPS) is 13.9. The van der Waals surface area contributed by atoms with Crippen molar-refractivity contribution in [2.24, 2.45) is 20.4 Å². The molecule has 0 fully saturated rings. The number of benzene rings is 8. The Bertz CT molecular complexity index is 2650. The summed E-state index contributed by atoms with van der Waals surface area (Å²) in [4.78, 5) is 0. The van der Waals surface area contributed by atoms with Crippen LogP contribution in [0.2, 0.25) is 0 Å². The SMILES string of the molecule is c1ccc(-c2ccc(N3C[N+](c4ccc(-c5ccccc5)cc4)=NC(C4=NN(c5ccc(-c6ccccc6)cc5)C[N+](c5ccc(-c6ccccc6)cc5)=N4)=N3)cc2)cc1. The van der Waals surface area contributed by atoms with Crippen LogP contribution in [0.25, 0.3) is 44.5 Å². The third-order valence-corrected chi connectivity index (χ3v) is 10.7. The van der Waals surface area contributed by atoms with Gasteiger partial charge in [0.05, 0.1) is 11.4 Å². The van der Waals surface area contributed by atoms with E-state index in [4.69, 9.17) is 20.4 Å². The summed E-state index contributed by atoms with van der Waals surface area (Å²) in [6.45, 7) is 0.781. The molecule has 0 radical (unpaired) electrons. The summed E-state index contributed by atoms with van der Waals surface area (Å²) in [5, 5.41) is 24.5. The van der Waals surface area contributed by atoms with Crippen LogP contribution in [0.5, 0.6) is 0 Å². The first-order chi connectivity index (χ1) is 29.7. The quantitative estimate of drug-likeness (QED) is 0.137. The maximum Gasteiger partial charge on any atom is 0.291 e. The number of hydrazone groups is 2. The Balaban J connectivity index is 1.05. The van der Waals surface area contributed by atoms with Crippen molar-refractivity contribution in [1.29, 1.82) is 0 Å². The molecule has 8 heteroatoms. The maximum atomic E-state index is 5.15. The molecule has 0 bridgehead atoms. The monoisotopic (exact) mass is 776 g/mol. The topological polar surface area (TPSA) is 61.9 Å². The molecule has 0 atom stereocenters. The van der Waals surface area contributed by atoms with E-state index in [1.807, 2.05) is 43.7 Å². The molecule has 0 aromatic heterocycles. The van der Waals surface area contributed by atoms with Gasteiger partial charge < -0.3 is 0 Å². The van der Waals surface area contributed by atoms with E-state index >= 15 is 0 Å². The predicted molar refractivity (Wildman–Crippen MR) is 242 cm³/mol. The minimum Gasteiger partial charge on any atom is -0.201 e. The lowest BCUT2D eigenvalue weighted by Gasteiger charge is -2.22. The molecule has 2 heterocycles. The number of hydrogen-bond acceptors (Lipinski definition) is 6. The van der Waals surface area contributed by atoms with Crippen molar-refractivity contribution in [1.82, 2.24) is 0 Å². The molecule has 286 valence electrons. The van der Waals surface area contributed by atoms with Gasteiger partial charge in [0.15, 0.2) is 0 Å². The highest BCUT2D eigenvalue weighted by molar-refractivity contribution is 6.41. The fourth-order valence-electron chi connectivity index (χ4n) is 7.44. The van der Waals surface area contributed by atoms with Crippen LogP contribution in [-0.4, -0.2) is 34.4 Å². The summed E-state index contributed by atoms with van der Waals surface area (Å²) in [6, 6.07) is 75.5. The molecular formula is C52H40N8+2. The number of azo groups is 4. The largest absolute Gasteiger partial charge is 0.291 e. The zero-order valence-corrected chi connectivity index (χ0v) is 32.8. The number of rotatable bonds is 9. The molecule has 0 spiro atoms. The number of hydrogen-bond donors (Lipinski definition) is 0. The summed E-state index contributed by atoms with van der Waals surface area (Å²) in [7, 11) is 0. The van der Waals surface area contributed by atoms with Crippen molar-refractivity contribution in [3.05, 3.63) is 218 Å². The summed E-state index contributed by atoms with van der Waals surface area (Å²) < 4.78 is 3.93. The van der Waals surface area contributed by atoms with Crippen molar-refractivity contribution >= 4 is 34.4 Å². The molecule has 8 aromatic carbocycles. The van der Waals surface area contributed by atoms with Crippen molar-refractivity contribution in [3.8, 4) is 44.5 Å². The van der Waals surface area contributed by atoms with Crippen LogP contribution >= 0.6 is 0 Å². The second kappa shape index (κ2) is 16.4. The fourth-order valence-corrected chi connectivity index (χ4v) is 7.44. The average Bonchev–Trinajstić information content (AvgIpc) is 3.35. The van der Waals surface area contributed by atoms with Gasteiger partial charge in [0.25, 0.3) is 25.0 Å². The van der Waals surface area contributed by atoms with Gasteiger partial charge in [-0.2, -0.15) is 0 Å². The van der Waals surface area contributed by atoms with Crippen molar-refractivity contribution in [3.63, 3.8) is 0 Å². The molecule has 0 unspecified atom stereocenters. The van der Waals surface area contributed by atoms with E-state index in [2.05, 4.69) is 194 Å². The molecular weight excluding hydrogens is 737 g/mol. The molecule has 2 aliphatic heterocycles. The zero-order chi connectivity index (χ0) is 40.1. The van der Waals surface area contributed by atoms with Crippen LogP contribution in [-0.2, 0) is 0 Å². The fraction of sp³-hybridized carbons (Fsp3) is 0.0385. The molecule has 0 aliphatic carbocycles. The Morgan fingerprint density at radius 2 is 0.533 bits per heavy atom. The Morgan fingerprint density at radius 1 is 0.283 bits per heavy atom. The van der Waals surface area contributed by atoms with E-state index in [1.165, 1.54) is 0 Å². The standard InChI is InChI=1S/C52H40N8/c1-5-13-39(14-6-1)43-21-29-47(30-22-43)57-37-58(48-31-23-44(24-32-48)40-15-7-2-8-16-40)54-51(53-57)52-55-59(49-33-25-45(26-34-49)41-17-9-3-10-18-41)38-60(56-52)50-35-27-46(28-36-50)42-19-11-4-12-20-42/h1-36H,37-38H2/q+2. The van der Waals surface area contributed by atoms with Gasteiger partial charge >= 0.3 is 0 Å². The highest BCUT2D eigenvalue weighted by Gasteiger charge is 2.34. The lowest BCUT2D eigenvalue weighted by atomic mass is 10.1. The van der Waals surface area contributed by atoms with Gasteiger partial charge in [0.2, 0.25) is 11.4 Å². The van der Waals surface area contributed by atoms with Crippen LogP contribution in [0.3, 0.4) is 0 Å². The molecule has 8 aromatic rings. The average molecular weight is 777 g/mol. The maximum absolute atomic E-state index is 5.15. The first-order valence-corrected chi connectivity index (χ1v) is 20.0. The van der Waals surface area contributed by atoms with E-state index in [-0.39, 0.29) is 0 Å². The van der Waals surface area contributed by atoms with Crippen molar-refractivity contribution in [2.45, 2.75) is 0 Å². The molecule has 60 heavy (non-hydrogen) atoms. The number of anilines is 2. The Morgan fingerprint density at radius 3 is 0.817 bits per heavy atom. The van der Waals surface area contributed by atoms with Gasteiger partial charge in [-0.3, -0.25) is 0 Å². The van der Waals surface area contributed by atoms with Gasteiger partial charge in [0, 0.05) is 34.5 Å². The van der Waals surface area contributed by atoms with Gasteiger partial charge in [-0.25, -0.2) is 10.0 Å². The molecule has 0 saturated carbocycles. The van der Waals surface area contributed by atoms with E-state index in [9.17, 15) is 0 Å². The van der Waals surface area contributed by atoms with Gasteiger partial charge in [-0.05, 0) is 93.0 Å². The smallest absolute Gasteiger partial charge is 0.201 e.